The van der Waals surface area contributed by atoms with E-state index in [1.807, 2.05) is 6.07 Å². The van der Waals surface area contributed by atoms with Crippen molar-refractivity contribution in [2.45, 2.75) is 37.3 Å². The van der Waals surface area contributed by atoms with Gasteiger partial charge in [-0.3, -0.25) is 0 Å². The van der Waals surface area contributed by atoms with Gasteiger partial charge in [-0.15, -0.1) is 10.2 Å². The van der Waals surface area contributed by atoms with E-state index in [0.717, 1.165) is 29.7 Å². The second-order valence-corrected chi connectivity index (χ2v) is 4.46. The molecule has 0 aromatic carbocycles. The molecule has 92 valence electrons. The normalized spacial score (nSPS) is 10.9. The fraction of sp³-hybridized carbons (Fsp3) is 0.500. The van der Waals surface area contributed by atoms with Crippen molar-refractivity contribution in [3.05, 3.63) is 23.8 Å². The summed E-state index contributed by atoms with van der Waals surface area (Å²) in [5.74, 6) is 2.36. The van der Waals surface area contributed by atoms with Gasteiger partial charge >= 0.3 is 0 Å². The zero-order valence-electron chi connectivity index (χ0n) is 9.67. The Hall–Kier alpha value is -1.34. The number of hydrogen-bond acceptors (Lipinski definition) is 6. The summed E-state index contributed by atoms with van der Waals surface area (Å²) < 4.78 is 7.09. The van der Waals surface area contributed by atoms with Crippen LogP contribution in [0.1, 0.15) is 24.9 Å². The van der Waals surface area contributed by atoms with Crippen molar-refractivity contribution in [2.75, 3.05) is 0 Å². The summed E-state index contributed by atoms with van der Waals surface area (Å²) >= 11 is 1.58. The summed E-state index contributed by atoms with van der Waals surface area (Å²) in [6, 6.07) is 1.84. The molecule has 0 saturated heterocycles. The first kappa shape index (κ1) is 12.1. The predicted molar refractivity (Wildman–Crippen MR) is 64.3 cm³/mol. The van der Waals surface area contributed by atoms with E-state index in [1.54, 1.807) is 18.0 Å². The van der Waals surface area contributed by atoms with Crippen LogP contribution >= 0.6 is 11.8 Å². The molecule has 0 aliphatic carbocycles. The molecule has 0 atom stereocenters. The minimum absolute atomic E-state index is 0.413. The molecule has 2 aromatic heterocycles. The van der Waals surface area contributed by atoms with Gasteiger partial charge in [-0.25, -0.2) is 0 Å². The van der Waals surface area contributed by atoms with Crippen molar-refractivity contribution in [3.63, 3.8) is 0 Å². The van der Waals surface area contributed by atoms with Gasteiger partial charge in [0.1, 0.15) is 11.6 Å². The summed E-state index contributed by atoms with van der Waals surface area (Å²) in [4.78, 5) is 0. The van der Waals surface area contributed by atoms with Crippen molar-refractivity contribution < 1.29 is 4.52 Å². The maximum Gasteiger partial charge on any atom is 0.191 e. The summed E-state index contributed by atoms with van der Waals surface area (Å²) in [5.41, 5.74) is 5.62. The van der Waals surface area contributed by atoms with E-state index in [2.05, 4.69) is 26.8 Å². The molecule has 6 nitrogen and oxygen atoms in total. The predicted octanol–water partition coefficient (Wildman–Crippen LogP) is 1.43. The highest BCUT2D eigenvalue weighted by Crippen LogP contribution is 2.21. The number of nitrogens with two attached hydrogens (primary N) is 1. The van der Waals surface area contributed by atoms with Gasteiger partial charge in [0, 0.05) is 12.6 Å². The molecular formula is C10H15N5OS. The zero-order chi connectivity index (χ0) is 12.1. The van der Waals surface area contributed by atoms with E-state index in [0.29, 0.717) is 12.3 Å². The molecule has 0 amide bonds. The van der Waals surface area contributed by atoms with Crippen LogP contribution in [0.3, 0.4) is 0 Å². The molecule has 0 unspecified atom stereocenters. The van der Waals surface area contributed by atoms with E-state index < -0.39 is 0 Å². The van der Waals surface area contributed by atoms with E-state index >= 15 is 0 Å². The molecule has 0 fully saturated rings. The molecular weight excluding hydrogens is 238 g/mol. The Labute approximate surface area is 104 Å². The average molecular weight is 253 g/mol. The van der Waals surface area contributed by atoms with Crippen molar-refractivity contribution in [2.24, 2.45) is 5.73 Å². The summed E-state index contributed by atoms with van der Waals surface area (Å²) in [7, 11) is 0. The van der Waals surface area contributed by atoms with Gasteiger partial charge in [-0.1, -0.05) is 23.8 Å². The third-order valence-corrected chi connectivity index (χ3v) is 3.25. The maximum atomic E-state index is 5.62. The van der Waals surface area contributed by atoms with Gasteiger partial charge < -0.3 is 14.8 Å². The molecule has 2 N–H and O–H groups in total. The Morgan fingerprint density at radius 1 is 1.47 bits per heavy atom. The van der Waals surface area contributed by atoms with E-state index in [-0.39, 0.29) is 0 Å². The molecule has 0 saturated carbocycles. The lowest BCUT2D eigenvalue weighted by molar-refractivity contribution is 0.395. The molecule has 2 heterocycles. The molecule has 2 aromatic rings. The summed E-state index contributed by atoms with van der Waals surface area (Å²) in [5, 5.41) is 12.8. The van der Waals surface area contributed by atoms with Crippen molar-refractivity contribution in [1.82, 2.24) is 19.9 Å². The number of hydrogen-bond donors (Lipinski definition) is 1. The summed E-state index contributed by atoms with van der Waals surface area (Å²) in [6.07, 6.45) is 2.67. The highest BCUT2D eigenvalue weighted by Gasteiger charge is 2.11. The van der Waals surface area contributed by atoms with Crippen LogP contribution in [0.15, 0.2) is 21.9 Å². The molecule has 17 heavy (non-hydrogen) atoms. The van der Waals surface area contributed by atoms with Crippen molar-refractivity contribution >= 4 is 11.8 Å². The van der Waals surface area contributed by atoms with Crippen molar-refractivity contribution in [3.8, 4) is 0 Å². The van der Waals surface area contributed by atoms with Crippen LogP contribution in [-0.2, 0) is 18.8 Å². The zero-order valence-corrected chi connectivity index (χ0v) is 10.5. The Morgan fingerprint density at radius 2 is 2.35 bits per heavy atom. The minimum Gasteiger partial charge on any atom is -0.361 e. The lowest BCUT2D eigenvalue weighted by atomic mass is 10.4. The molecule has 2 rings (SSSR count). The first-order valence-electron chi connectivity index (χ1n) is 5.49. The van der Waals surface area contributed by atoms with E-state index in [1.165, 1.54) is 0 Å². The number of thioether (sulfide) groups is 1. The SMILES string of the molecule is CCCn1c(CN)nnc1SCc1ccno1. The Bertz CT molecular complexity index is 453. The Balaban J connectivity index is 2.06. The van der Waals surface area contributed by atoms with Crippen LogP contribution in [0.2, 0.25) is 0 Å². The number of nitrogens with zero attached hydrogens (tertiary/aromatic N) is 4. The third-order valence-electron chi connectivity index (χ3n) is 2.26. The fourth-order valence-corrected chi connectivity index (χ4v) is 2.35. The third kappa shape index (κ3) is 2.86. The van der Waals surface area contributed by atoms with Crippen LogP contribution in [0, 0.1) is 0 Å². The van der Waals surface area contributed by atoms with E-state index in [9.17, 15) is 0 Å². The van der Waals surface area contributed by atoms with Crippen LogP contribution < -0.4 is 5.73 Å². The van der Waals surface area contributed by atoms with Gasteiger partial charge in [-0.05, 0) is 6.42 Å². The second kappa shape index (κ2) is 5.83. The highest BCUT2D eigenvalue weighted by molar-refractivity contribution is 7.98. The highest BCUT2D eigenvalue weighted by atomic mass is 32.2. The lowest BCUT2D eigenvalue weighted by Gasteiger charge is -2.06. The summed E-state index contributed by atoms with van der Waals surface area (Å²) in [6.45, 7) is 3.42. The smallest absolute Gasteiger partial charge is 0.191 e. The molecule has 0 aliphatic rings. The van der Waals surface area contributed by atoms with Crippen molar-refractivity contribution in [1.29, 1.82) is 0 Å². The van der Waals surface area contributed by atoms with Gasteiger partial charge in [-0.2, -0.15) is 0 Å². The lowest BCUT2D eigenvalue weighted by Crippen LogP contribution is -2.09. The van der Waals surface area contributed by atoms with Gasteiger partial charge in [0.25, 0.3) is 0 Å². The van der Waals surface area contributed by atoms with Gasteiger partial charge in [0.2, 0.25) is 0 Å². The fourth-order valence-electron chi connectivity index (χ4n) is 1.48. The second-order valence-electron chi connectivity index (χ2n) is 3.52. The largest absolute Gasteiger partial charge is 0.361 e. The molecule has 0 aliphatic heterocycles. The van der Waals surface area contributed by atoms with Crippen LogP contribution in [0.25, 0.3) is 0 Å². The minimum atomic E-state index is 0.413. The first-order chi connectivity index (χ1) is 8.35. The molecule has 0 radical (unpaired) electrons. The Kier molecular flexibility index (Phi) is 4.16. The molecule has 0 spiro atoms. The number of aromatic nitrogens is 4. The average Bonchev–Trinajstić information content (AvgIpc) is 2.96. The first-order valence-corrected chi connectivity index (χ1v) is 6.48. The quantitative estimate of drug-likeness (QED) is 0.784. The maximum absolute atomic E-state index is 5.62. The van der Waals surface area contributed by atoms with Crippen LogP contribution in [0.4, 0.5) is 0 Å². The number of rotatable bonds is 6. The monoisotopic (exact) mass is 253 g/mol. The molecule has 7 heteroatoms. The van der Waals surface area contributed by atoms with Crippen LogP contribution in [-0.4, -0.2) is 19.9 Å². The molecule has 0 bridgehead atoms. The standard InChI is InChI=1S/C10H15N5OS/c1-2-5-15-9(6-11)13-14-10(15)17-7-8-3-4-12-16-8/h3-4H,2,5-7,11H2,1H3. The van der Waals surface area contributed by atoms with Gasteiger partial charge in [0.05, 0.1) is 18.5 Å². The topological polar surface area (TPSA) is 82.8 Å². The Morgan fingerprint density at radius 3 is 3.00 bits per heavy atom. The van der Waals surface area contributed by atoms with E-state index in [4.69, 9.17) is 10.3 Å². The van der Waals surface area contributed by atoms with Crippen LogP contribution in [0.5, 0.6) is 0 Å². The van der Waals surface area contributed by atoms with Gasteiger partial charge in [0.15, 0.2) is 5.16 Å².